The van der Waals surface area contributed by atoms with Crippen LogP contribution < -0.4 is 16.0 Å². The maximum atomic E-state index is 13.2. The molecule has 0 saturated carbocycles. The Morgan fingerprint density at radius 3 is 2.40 bits per heavy atom. The molecule has 2 heterocycles. The number of nitrogens with zero attached hydrogens (tertiary/aromatic N) is 5. The Hall–Kier alpha value is -3.94. The lowest BCUT2D eigenvalue weighted by atomic mass is 10.1. The summed E-state index contributed by atoms with van der Waals surface area (Å²) in [5.41, 5.74) is 11.1. The maximum Gasteiger partial charge on any atom is 0.257 e. The molecule has 0 fully saturated rings. The molecule has 8 heteroatoms. The van der Waals surface area contributed by atoms with Crippen LogP contribution >= 0.6 is 0 Å². The summed E-state index contributed by atoms with van der Waals surface area (Å²) in [7, 11) is 3.99. The van der Waals surface area contributed by atoms with Crippen molar-refractivity contribution in [2.75, 3.05) is 31.3 Å². The van der Waals surface area contributed by atoms with Crippen LogP contribution in [-0.4, -0.2) is 47.4 Å². The maximum absolute atomic E-state index is 13.2. The summed E-state index contributed by atoms with van der Waals surface area (Å²) in [6.07, 6.45) is 7.31. The Morgan fingerprint density at radius 2 is 1.71 bits per heavy atom. The molecule has 0 aliphatic rings. The molecule has 4 aromatic rings. The largest absolute Gasteiger partial charge is 0.383 e. The van der Waals surface area contributed by atoms with Crippen molar-refractivity contribution in [3.8, 4) is 0 Å². The molecular formula is C27H33N7O. The summed E-state index contributed by atoms with van der Waals surface area (Å²) in [5.74, 6) is -0.0307. The van der Waals surface area contributed by atoms with E-state index in [2.05, 4.69) is 17.3 Å². The van der Waals surface area contributed by atoms with Crippen LogP contribution in [0, 0.1) is 0 Å². The average molecular weight is 472 g/mol. The predicted octanol–water partition coefficient (Wildman–Crippen LogP) is 4.82. The van der Waals surface area contributed by atoms with Crippen LogP contribution in [-0.2, 0) is 0 Å². The fourth-order valence-corrected chi connectivity index (χ4v) is 3.99. The highest BCUT2D eigenvalue weighted by Crippen LogP contribution is 2.28. The highest BCUT2D eigenvalue weighted by atomic mass is 16.1. The SMILES string of the molecule is CCCCCCCNC(=O)c1c(N)n(N=Cc2ccc(N(C)C)cc2)c2nc3ccccc3nc12. The Balaban J connectivity index is 1.68. The molecule has 4 rings (SSSR count). The number of nitrogens with one attached hydrogen (secondary N) is 1. The first-order valence-electron chi connectivity index (χ1n) is 12.2. The van der Waals surface area contributed by atoms with E-state index in [0.29, 0.717) is 34.3 Å². The fraction of sp³-hybridized carbons (Fsp3) is 0.333. The molecule has 0 aliphatic carbocycles. The van der Waals surface area contributed by atoms with Crippen LogP contribution in [0.4, 0.5) is 11.5 Å². The molecule has 182 valence electrons. The van der Waals surface area contributed by atoms with Crippen molar-refractivity contribution in [2.45, 2.75) is 39.0 Å². The number of unbranched alkanes of at least 4 members (excludes halogenated alkanes) is 4. The van der Waals surface area contributed by atoms with Crippen LogP contribution in [0.2, 0.25) is 0 Å². The van der Waals surface area contributed by atoms with Gasteiger partial charge in [0.25, 0.3) is 5.91 Å². The Labute approximate surface area is 205 Å². The lowest BCUT2D eigenvalue weighted by Gasteiger charge is -2.11. The topological polar surface area (TPSA) is 101 Å². The minimum Gasteiger partial charge on any atom is -0.383 e. The number of fused-ring (bicyclic) bond motifs is 2. The molecule has 2 aromatic heterocycles. The van der Waals surface area contributed by atoms with Crippen LogP contribution in [0.25, 0.3) is 22.2 Å². The molecule has 0 radical (unpaired) electrons. The number of amides is 1. The molecule has 0 bridgehead atoms. The zero-order valence-corrected chi connectivity index (χ0v) is 20.7. The van der Waals surface area contributed by atoms with E-state index in [1.54, 1.807) is 6.21 Å². The van der Waals surface area contributed by atoms with E-state index in [9.17, 15) is 4.79 Å². The van der Waals surface area contributed by atoms with Gasteiger partial charge in [-0.25, -0.2) is 9.97 Å². The van der Waals surface area contributed by atoms with Crippen LogP contribution in [0.15, 0.2) is 53.6 Å². The van der Waals surface area contributed by atoms with Crippen molar-refractivity contribution in [1.29, 1.82) is 0 Å². The first kappa shape index (κ1) is 24.2. The summed E-state index contributed by atoms with van der Waals surface area (Å²) in [6, 6.07) is 15.6. The summed E-state index contributed by atoms with van der Waals surface area (Å²) >= 11 is 0. The van der Waals surface area contributed by atoms with Gasteiger partial charge in [0.1, 0.15) is 16.9 Å². The summed E-state index contributed by atoms with van der Waals surface area (Å²) < 4.78 is 1.50. The lowest BCUT2D eigenvalue weighted by molar-refractivity contribution is 0.0955. The molecule has 0 atom stereocenters. The number of hydrogen-bond acceptors (Lipinski definition) is 6. The van der Waals surface area contributed by atoms with E-state index >= 15 is 0 Å². The van der Waals surface area contributed by atoms with Crippen molar-refractivity contribution in [3.63, 3.8) is 0 Å². The number of benzene rings is 2. The first-order chi connectivity index (χ1) is 17.0. The molecule has 8 nitrogen and oxygen atoms in total. The minimum atomic E-state index is -0.253. The molecule has 2 aromatic carbocycles. The first-order valence-corrected chi connectivity index (χ1v) is 12.2. The molecule has 3 N–H and O–H groups in total. The number of aromatic nitrogens is 3. The van der Waals surface area contributed by atoms with Crippen molar-refractivity contribution < 1.29 is 4.79 Å². The Kier molecular flexibility index (Phi) is 7.60. The van der Waals surface area contributed by atoms with Crippen molar-refractivity contribution >= 4 is 45.8 Å². The average Bonchev–Trinajstić information content (AvgIpc) is 3.13. The normalized spacial score (nSPS) is 11.5. The standard InChI is InChI=1S/C27H33N7O/c1-4-5-6-7-10-17-29-27(35)23-24-26(32-22-12-9-8-11-21(22)31-24)34(25(23)28)30-18-19-13-15-20(16-14-19)33(2)3/h8-9,11-16,18H,4-7,10,17,28H2,1-3H3,(H,29,35). The van der Waals surface area contributed by atoms with Crippen LogP contribution in [0.5, 0.6) is 0 Å². The fourth-order valence-electron chi connectivity index (χ4n) is 3.99. The smallest absolute Gasteiger partial charge is 0.257 e. The quantitative estimate of drug-likeness (QED) is 0.255. The van der Waals surface area contributed by atoms with Gasteiger partial charge in [0.05, 0.1) is 17.2 Å². The van der Waals surface area contributed by atoms with Gasteiger partial charge < -0.3 is 16.0 Å². The zero-order valence-electron chi connectivity index (χ0n) is 20.7. The van der Waals surface area contributed by atoms with Crippen molar-refractivity contribution in [1.82, 2.24) is 20.0 Å². The third-order valence-electron chi connectivity index (χ3n) is 6.00. The number of carbonyl (C=O) groups is 1. The van der Waals surface area contributed by atoms with Gasteiger partial charge >= 0.3 is 0 Å². The van der Waals surface area contributed by atoms with Gasteiger partial charge in [-0.2, -0.15) is 9.78 Å². The predicted molar refractivity (Wildman–Crippen MR) is 144 cm³/mol. The second-order valence-electron chi connectivity index (χ2n) is 8.86. The van der Waals surface area contributed by atoms with E-state index in [4.69, 9.17) is 15.7 Å². The Bertz CT molecular complexity index is 1340. The van der Waals surface area contributed by atoms with Crippen molar-refractivity contribution in [3.05, 3.63) is 59.7 Å². The van der Waals surface area contributed by atoms with Crippen molar-refractivity contribution in [2.24, 2.45) is 5.10 Å². The van der Waals surface area contributed by atoms with Gasteiger partial charge in [-0.15, -0.1) is 0 Å². The lowest BCUT2D eigenvalue weighted by Crippen LogP contribution is -2.25. The number of nitrogens with two attached hydrogens (primary N) is 1. The summed E-state index contributed by atoms with van der Waals surface area (Å²) in [5, 5.41) is 7.59. The second kappa shape index (κ2) is 11.0. The van der Waals surface area contributed by atoms with Gasteiger partial charge in [0.15, 0.2) is 5.65 Å². The molecule has 0 spiro atoms. The molecule has 35 heavy (non-hydrogen) atoms. The molecule has 0 unspecified atom stereocenters. The third kappa shape index (κ3) is 5.42. The highest BCUT2D eigenvalue weighted by molar-refractivity contribution is 6.10. The zero-order chi connectivity index (χ0) is 24.8. The number of para-hydroxylation sites is 2. The third-order valence-corrected chi connectivity index (χ3v) is 6.00. The van der Waals surface area contributed by atoms with E-state index in [-0.39, 0.29) is 11.7 Å². The molecule has 0 saturated heterocycles. The number of hydrogen-bond donors (Lipinski definition) is 2. The minimum absolute atomic E-state index is 0.222. The Morgan fingerprint density at radius 1 is 1.03 bits per heavy atom. The van der Waals surface area contributed by atoms with E-state index < -0.39 is 0 Å². The summed E-state index contributed by atoms with van der Waals surface area (Å²) in [4.78, 5) is 24.7. The molecular weight excluding hydrogens is 438 g/mol. The van der Waals surface area contributed by atoms with Gasteiger partial charge in [0, 0.05) is 26.3 Å². The number of anilines is 2. The van der Waals surface area contributed by atoms with E-state index in [1.165, 1.54) is 23.9 Å². The number of nitrogen functional groups attached to an aromatic ring is 1. The van der Waals surface area contributed by atoms with Gasteiger partial charge in [-0.1, -0.05) is 56.9 Å². The van der Waals surface area contributed by atoms with Gasteiger partial charge in [-0.05, 0) is 36.2 Å². The van der Waals surface area contributed by atoms with Gasteiger partial charge in [-0.3, -0.25) is 4.79 Å². The number of rotatable bonds is 10. The van der Waals surface area contributed by atoms with E-state index in [0.717, 1.165) is 24.1 Å². The van der Waals surface area contributed by atoms with Crippen LogP contribution in [0.1, 0.15) is 54.9 Å². The number of carbonyl (C=O) groups excluding carboxylic acids is 1. The molecule has 1 amide bonds. The molecule has 0 aliphatic heterocycles. The monoisotopic (exact) mass is 471 g/mol. The van der Waals surface area contributed by atoms with E-state index in [1.807, 2.05) is 67.5 Å². The summed E-state index contributed by atoms with van der Waals surface area (Å²) in [6.45, 7) is 2.78. The van der Waals surface area contributed by atoms with Crippen LogP contribution in [0.3, 0.4) is 0 Å². The highest BCUT2D eigenvalue weighted by Gasteiger charge is 2.23. The second-order valence-corrected chi connectivity index (χ2v) is 8.86. The van der Waals surface area contributed by atoms with Gasteiger partial charge in [0.2, 0.25) is 0 Å².